The van der Waals surface area contributed by atoms with E-state index in [1.165, 1.54) is 32.5 Å². The van der Waals surface area contributed by atoms with Gasteiger partial charge in [-0.2, -0.15) is 12.8 Å². The van der Waals surface area contributed by atoms with Crippen molar-refractivity contribution in [1.29, 1.82) is 0 Å². The molecule has 0 spiro atoms. The molecule has 66 valence electrons. The number of hydrogen-bond acceptors (Lipinski definition) is 2. The van der Waals surface area contributed by atoms with E-state index in [-0.39, 0.29) is 32.7 Å². The third-order valence-corrected chi connectivity index (χ3v) is 1.97. The van der Waals surface area contributed by atoms with E-state index >= 15 is 0 Å². The number of hydrogen-bond donors (Lipinski definition) is 1. The van der Waals surface area contributed by atoms with Gasteiger partial charge in [0.05, 0.1) is 0 Å². The Balaban J connectivity index is 0.000000189. The molecular formula is C9H18N2Y+. The summed E-state index contributed by atoms with van der Waals surface area (Å²) in [6.07, 6.45) is 7.11. The summed E-state index contributed by atoms with van der Waals surface area (Å²) in [4.78, 5) is 2.31. The predicted octanol–water partition coefficient (Wildman–Crippen LogP) is 0.708. The molecule has 0 amide bonds. The van der Waals surface area contributed by atoms with Gasteiger partial charge in [0, 0.05) is 0 Å². The Morgan fingerprint density at radius 1 is 1.25 bits per heavy atom. The zero-order chi connectivity index (χ0) is 7.94. The molecule has 0 unspecified atom stereocenters. The number of rotatable bonds is 0. The van der Waals surface area contributed by atoms with Gasteiger partial charge >= 0.3 is 32.7 Å². The molecule has 0 bridgehead atoms. The Bertz CT molecular complexity index is 80.9. The molecule has 2 heterocycles. The molecule has 2 fully saturated rings. The van der Waals surface area contributed by atoms with Crippen molar-refractivity contribution in [2.75, 3.05) is 33.2 Å². The van der Waals surface area contributed by atoms with Crippen molar-refractivity contribution in [1.82, 2.24) is 10.2 Å². The van der Waals surface area contributed by atoms with Crippen LogP contribution in [0.25, 0.3) is 0 Å². The van der Waals surface area contributed by atoms with Crippen LogP contribution >= 0.6 is 0 Å². The SMILES string of the molecule is CN1C[CH-]CC1.[CH-]1CCNC1.[Y+3]. The maximum absolute atomic E-state index is 3.17. The summed E-state index contributed by atoms with van der Waals surface area (Å²) in [5.41, 5.74) is 0. The van der Waals surface area contributed by atoms with Crippen LogP contribution in [0.15, 0.2) is 0 Å². The number of nitrogens with zero attached hydrogens (tertiary/aromatic N) is 1. The van der Waals surface area contributed by atoms with E-state index in [4.69, 9.17) is 0 Å². The van der Waals surface area contributed by atoms with Gasteiger partial charge in [0.15, 0.2) is 0 Å². The van der Waals surface area contributed by atoms with Crippen molar-refractivity contribution in [2.24, 2.45) is 0 Å². The summed E-state index contributed by atoms with van der Waals surface area (Å²) >= 11 is 0. The number of likely N-dealkylation sites (tertiary alicyclic amines) is 1. The van der Waals surface area contributed by atoms with Crippen LogP contribution in [0, 0.1) is 12.8 Å². The van der Waals surface area contributed by atoms with Crippen molar-refractivity contribution >= 4 is 0 Å². The normalized spacial score (nSPS) is 22.8. The van der Waals surface area contributed by atoms with Crippen LogP contribution in [-0.4, -0.2) is 38.1 Å². The van der Waals surface area contributed by atoms with Crippen LogP contribution in [0.1, 0.15) is 12.8 Å². The molecule has 0 aromatic carbocycles. The van der Waals surface area contributed by atoms with Gasteiger partial charge in [-0.25, -0.2) is 0 Å². The van der Waals surface area contributed by atoms with E-state index in [1.807, 2.05) is 0 Å². The van der Waals surface area contributed by atoms with E-state index in [0.717, 1.165) is 6.54 Å². The first-order valence-corrected chi connectivity index (χ1v) is 4.42. The Hall–Kier alpha value is 1.02. The predicted molar refractivity (Wildman–Crippen MR) is 48.2 cm³/mol. The van der Waals surface area contributed by atoms with Crippen molar-refractivity contribution in [3.63, 3.8) is 0 Å². The average molecular weight is 243 g/mol. The second-order valence-electron chi connectivity index (χ2n) is 3.12. The molecule has 0 radical (unpaired) electrons. The maximum Gasteiger partial charge on any atom is 3.00 e. The topological polar surface area (TPSA) is 15.3 Å². The van der Waals surface area contributed by atoms with E-state index in [0.29, 0.717) is 0 Å². The summed E-state index contributed by atoms with van der Waals surface area (Å²) < 4.78 is 0. The second kappa shape index (κ2) is 8.61. The minimum absolute atomic E-state index is 0. The van der Waals surface area contributed by atoms with Crippen molar-refractivity contribution < 1.29 is 32.7 Å². The van der Waals surface area contributed by atoms with Crippen LogP contribution in [-0.2, 0) is 32.7 Å². The average Bonchev–Trinajstić information content (AvgIpc) is 2.57. The zero-order valence-electron chi connectivity index (χ0n) is 7.92. The summed E-state index contributed by atoms with van der Waals surface area (Å²) in [7, 11) is 2.14. The Kier molecular flexibility index (Phi) is 9.35. The van der Waals surface area contributed by atoms with Crippen LogP contribution < -0.4 is 5.32 Å². The van der Waals surface area contributed by atoms with Gasteiger partial charge in [-0.05, 0) is 20.1 Å². The molecule has 0 aromatic rings. The van der Waals surface area contributed by atoms with Gasteiger partial charge in [0.1, 0.15) is 0 Å². The smallest absolute Gasteiger partial charge is 0.349 e. The molecule has 1 N–H and O–H groups in total. The zero-order valence-corrected chi connectivity index (χ0v) is 10.8. The summed E-state index contributed by atoms with van der Waals surface area (Å²) in [6, 6.07) is 0. The summed E-state index contributed by atoms with van der Waals surface area (Å²) in [5.74, 6) is 0. The van der Waals surface area contributed by atoms with Crippen LogP contribution in [0.3, 0.4) is 0 Å². The van der Waals surface area contributed by atoms with Crippen molar-refractivity contribution in [3.05, 3.63) is 12.8 Å². The van der Waals surface area contributed by atoms with Gasteiger partial charge in [0.2, 0.25) is 0 Å². The molecule has 2 saturated heterocycles. The summed E-state index contributed by atoms with van der Waals surface area (Å²) in [5, 5.41) is 3.17. The fraction of sp³-hybridized carbons (Fsp3) is 0.778. The maximum atomic E-state index is 3.17. The van der Waals surface area contributed by atoms with Crippen LogP contribution in [0.2, 0.25) is 0 Å². The minimum atomic E-state index is 0. The minimum Gasteiger partial charge on any atom is -0.349 e. The fourth-order valence-corrected chi connectivity index (χ4v) is 1.22. The Morgan fingerprint density at radius 2 is 2.08 bits per heavy atom. The second-order valence-corrected chi connectivity index (χ2v) is 3.12. The van der Waals surface area contributed by atoms with E-state index in [1.54, 1.807) is 0 Å². The molecule has 12 heavy (non-hydrogen) atoms. The van der Waals surface area contributed by atoms with Crippen LogP contribution in [0.4, 0.5) is 0 Å². The van der Waals surface area contributed by atoms with E-state index in [9.17, 15) is 0 Å². The van der Waals surface area contributed by atoms with Gasteiger partial charge in [-0.15, -0.1) is 13.1 Å². The molecule has 2 nitrogen and oxygen atoms in total. The first-order chi connectivity index (χ1) is 5.39. The first kappa shape index (κ1) is 13.0. The largest absolute Gasteiger partial charge is 3.00 e. The third kappa shape index (κ3) is 6.53. The van der Waals surface area contributed by atoms with Crippen LogP contribution in [0.5, 0.6) is 0 Å². The molecule has 0 saturated carbocycles. The Morgan fingerprint density at radius 3 is 2.25 bits per heavy atom. The quantitative estimate of drug-likeness (QED) is 0.630. The van der Waals surface area contributed by atoms with Gasteiger partial charge in [0.25, 0.3) is 0 Å². The van der Waals surface area contributed by atoms with Gasteiger partial charge < -0.3 is 23.1 Å². The third-order valence-electron chi connectivity index (χ3n) is 1.97. The van der Waals surface area contributed by atoms with E-state index < -0.39 is 0 Å². The molecule has 0 aliphatic carbocycles. The molecule has 2 rings (SSSR count). The molecule has 0 atom stereocenters. The fourth-order valence-electron chi connectivity index (χ4n) is 1.22. The van der Waals surface area contributed by atoms with Crippen molar-refractivity contribution in [3.8, 4) is 0 Å². The molecule has 0 aromatic heterocycles. The monoisotopic (exact) mass is 243 g/mol. The molecule has 3 heteroatoms. The standard InChI is InChI=1S/C5H10N.C4H8N.Y/c1-6-4-2-3-5-6;1-2-4-5-3-1;/h2H,3-5H2,1H3;1,5H,2-4H2;/q2*-1;+3. The van der Waals surface area contributed by atoms with Crippen molar-refractivity contribution in [2.45, 2.75) is 12.8 Å². The molecule has 2 aliphatic rings. The Labute approximate surface area is 101 Å². The van der Waals surface area contributed by atoms with Gasteiger partial charge in [-0.1, -0.05) is 0 Å². The number of nitrogens with one attached hydrogen (secondary N) is 1. The molecular weight excluding hydrogens is 225 g/mol. The first-order valence-electron chi connectivity index (χ1n) is 4.42. The van der Waals surface area contributed by atoms with Gasteiger partial charge in [-0.3, -0.25) is 0 Å². The summed E-state index contributed by atoms with van der Waals surface area (Å²) in [6.45, 7) is 4.78. The molecule has 2 aliphatic heterocycles. The van der Waals surface area contributed by atoms with E-state index in [2.05, 4.69) is 30.1 Å².